The number of rotatable bonds is 6. The second-order valence-electron chi connectivity index (χ2n) is 5.63. The number of nitrogens with zero attached hydrogens (tertiary/aromatic N) is 1. The minimum absolute atomic E-state index is 0.173. The molecule has 1 aliphatic rings. The van der Waals surface area contributed by atoms with Gasteiger partial charge >= 0.3 is 0 Å². The van der Waals surface area contributed by atoms with Gasteiger partial charge in [0.25, 0.3) is 0 Å². The molecule has 1 aromatic heterocycles. The van der Waals surface area contributed by atoms with E-state index < -0.39 is 0 Å². The predicted molar refractivity (Wildman–Crippen MR) is 83.7 cm³/mol. The molecule has 2 aromatic rings. The van der Waals surface area contributed by atoms with Crippen LogP contribution in [-0.4, -0.2) is 48.0 Å². The first-order valence-electron chi connectivity index (χ1n) is 7.71. The number of carbonyl (C=O) groups is 1. The second-order valence-corrected chi connectivity index (χ2v) is 5.63. The molecule has 112 valence electrons. The lowest BCUT2D eigenvalue weighted by atomic mass is 10.1. The molecule has 0 aliphatic carbocycles. The quantitative estimate of drug-likeness (QED) is 0.831. The fourth-order valence-corrected chi connectivity index (χ4v) is 2.97. The van der Waals surface area contributed by atoms with E-state index in [-0.39, 0.29) is 5.78 Å². The van der Waals surface area contributed by atoms with Gasteiger partial charge in [-0.05, 0) is 25.5 Å². The van der Waals surface area contributed by atoms with Crippen molar-refractivity contribution in [1.82, 2.24) is 9.88 Å². The number of ketones is 1. The Hall–Kier alpha value is -1.65. The third-order valence-corrected chi connectivity index (χ3v) is 4.19. The summed E-state index contributed by atoms with van der Waals surface area (Å²) in [6.07, 6.45) is 4.37. The number of benzene rings is 1. The Morgan fingerprint density at radius 3 is 3.05 bits per heavy atom. The molecule has 0 radical (unpaired) electrons. The molecule has 0 amide bonds. The maximum absolute atomic E-state index is 12.6. The minimum Gasteiger partial charge on any atom is -0.377 e. The van der Waals surface area contributed by atoms with Gasteiger partial charge < -0.3 is 9.72 Å². The zero-order chi connectivity index (χ0) is 14.7. The number of hydrogen-bond donors (Lipinski definition) is 1. The lowest BCUT2D eigenvalue weighted by molar-refractivity contribution is 0.0687. The molecule has 1 aromatic carbocycles. The Bertz CT molecular complexity index is 614. The van der Waals surface area contributed by atoms with E-state index >= 15 is 0 Å². The maximum atomic E-state index is 12.6. The zero-order valence-electron chi connectivity index (χ0n) is 12.5. The van der Waals surface area contributed by atoms with Crippen LogP contribution in [0.15, 0.2) is 30.5 Å². The van der Waals surface area contributed by atoms with E-state index in [1.807, 2.05) is 30.5 Å². The smallest absolute Gasteiger partial charge is 0.178 e. The number of likely N-dealkylation sites (N-methyl/N-ethyl adjacent to an activating group) is 1. The average molecular weight is 286 g/mol. The molecular formula is C17H22N2O2. The Morgan fingerprint density at radius 1 is 1.43 bits per heavy atom. The molecule has 1 fully saturated rings. The van der Waals surface area contributed by atoms with Crippen LogP contribution in [0.4, 0.5) is 0 Å². The second kappa shape index (κ2) is 6.41. The van der Waals surface area contributed by atoms with Gasteiger partial charge in [-0.3, -0.25) is 9.69 Å². The van der Waals surface area contributed by atoms with E-state index in [9.17, 15) is 4.79 Å². The van der Waals surface area contributed by atoms with E-state index in [1.54, 1.807) is 0 Å². The van der Waals surface area contributed by atoms with Crippen LogP contribution in [-0.2, 0) is 4.74 Å². The minimum atomic E-state index is 0.173. The van der Waals surface area contributed by atoms with E-state index in [2.05, 4.69) is 16.8 Å². The Labute approximate surface area is 125 Å². The summed E-state index contributed by atoms with van der Waals surface area (Å²) in [5.41, 5.74) is 1.81. The van der Waals surface area contributed by atoms with E-state index in [0.29, 0.717) is 12.6 Å². The summed E-state index contributed by atoms with van der Waals surface area (Å²) in [7, 11) is 0. The van der Waals surface area contributed by atoms with Crippen LogP contribution < -0.4 is 0 Å². The number of Topliss-reactive ketones (excluding diaryl/α,β-unsaturated/α-hetero) is 1. The molecule has 3 rings (SSSR count). The van der Waals surface area contributed by atoms with Crippen molar-refractivity contribution in [3.8, 4) is 0 Å². The number of nitrogens with one attached hydrogen (secondary N) is 1. The van der Waals surface area contributed by atoms with Gasteiger partial charge in [0, 0.05) is 35.8 Å². The van der Waals surface area contributed by atoms with Gasteiger partial charge in [0.15, 0.2) is 5.78 Å². The van der Waals surface area contributed by atoms with Crippen molar-refractivity contribution in [2.24, 2.45) is 0 Å². The van der Waals surface area contributed by atoms with Crippen LogP contribution in [0.1, 0.15) is 30.1 Å². The molecule has 1 saturated heterocycles. The summed E-state index contributed by atoms with van der Waals surface area (Å²) in [6, 6.07) is 7.94. The molecule has 4 nitrogen and oxygen atoms in total. The zero-order valence-corrected chi connectivity index (χ0v) is 12.5. The summed E-state index contributed by atoms with van der Waals surface area (Å²) >= 11 is 0. The third kappa shape index (κ3) is 3.17. The normalized spacial score (nSPS) is 18.7. The van der Waals surface area contributed by atoms with Gasteiger partial charge in [-0.15, -0.1) is 0 Å². The van der Waals surface area contributed by atoms with Gasteiger partial charge in [0.2, 0.25) is 0 Å². The lowest BCUT2D eigenvalue weighted by Gasteiger charge is -2.22. The number of ether oxygens (including phenoxy) is 1. The molecule has 1 unspecified atom stereocenters. The first-order chi connectivity index (χ1) is 10.3. The van der Waals surface area contributed by atoms with Crippen molar-refractivity contribution in [3.63, 3.8) is 0 Å². The van der Waals surface area contributed by atoms with Crippen molar-refractivity contribution in [1.29, 1.82) is 0 Å². The molecule has 0 bridgehead atoms. The monoisotopic (exact) mass is 286 g/mol. The average Bonchev–Trinajstić information content (AvgIpc) is 3.15. The van der Waals surface area contributed by atoms with E-state index in [0.717, 1.165) is 49.0 Å². The Kier molecular flexibility index (Phi) is 4.36. The van der Waals surface area contributed by atoms with Gasteiger partial charge in [-0.2, -0.15) is 0 Å². The summed E-state index contributed by atoms with van der Waals surface area (Å²) in [4.78, 5) is 17.9. The molecule has 2 heterocycles. The highest BCUT2D eigenvalue weighted by molar-refractivity contribution is 6.08. The molecule has 4 heteroatoms. The number of carbonyl (C=O) groups excluding carboxylic acids is 1. The first-order valence-corrected chi connectivity index (χ1v) is 7.71. The van der Waals surface area contributed by atoms with Gasteiger partial charge in [-0.1, -0.05) is 25.1 Å². The number of para-hydroxylation sites is 1. The Morgan fingerprint density at radius 2 is 2.29 bits per heavy atom. The number of aromatic amines is 1. The summed E-state index contributed by atoms with van der Waals surface area (Å²) in [5, 5.41) is 1.01. The number of H-pyrrole nitrogens is 1. The molecule has 21 heavy (non-hydrogen) atoms. The molecule has 1 N–H and O–H groups in total. The predicted octanol–water partition coefficient (Wildman–Crippen LogP) is 2.85. The van der Waals surface area contributed by atoms with Gasteiger partial charge in [0.05, 0.1) is 12.6 Å². The summed E-state index contributed by atoms with van der Waals surface area (Å²) < 4.78 is 5.67. The number of fused-ring (bicyclic) bond motifs is 1. The van der Waals surface area contributed by atoms with Crippen molar-refractivity contribution in [2.75, 3.05) is 26.2 Å². The van der Waals surface area contributed by atoms with Crippen molar-refractivity contribution in [3.05, 3.63) is 36.0 Å². The van der Waals surface area contributed by atoms with Crippen LogP contribution in [0, 0.1) is 0 Å². The number of hydrogen-bond acceptors (Lipinski definition) is 3. The molecule has 0 saturated carbocycles. The topological polar surface area (TPSA) is 45.3 Å². The maximum Gasteiger partial charge on any atom is 0.178 e. The fourth-order valence-electron chi connectivity index (χ4n) is 2.97. The highest BCUT2D eigenvalue weighted by atomic mass is 16.5. The molecule has 0 spiro atoms. The van der Waals surface area contributed by atoms with E-state index in [1.165, 1.54) is 0 Å². The van der Waals surface area contributed by atoms with Crippen LogP contribution in [0.5, 0.6) is 0 Å². The summed E-state index contributed by atoms with van der Waals surface area (Å²) in [5.74, 6) is 0.173. The van der Waals surface area contributed by atoms with Crippen LogP contribution in [0.3, 0.4) is 0 Å². The third-order valence-electron chi connectivity index (χ3n) is 4.19. The van der Waals surface area contributed by atoms with Crippen LogP contribution in [0.25, 0.3) is 10.9 Å². The van der Waals surface area contributed by atoms with Crippen molar-refractivity contribution >= 4 is 16.7 Å². The Balaban J connectivity index is 1.69. The van der Waals surface area contributed by atoms with Crippen molar-refractivity contribution in [2.45, 2.75) is 25.9 Å². The van der Waals surface area contributed by atoms with Gasteiger partial charge in [-0.25, -0.2) is 0 Å². The lowest BCUT2D eigenvalue weighted by Crippen LogP contribution is -2.36. The SMILES string of the molecule is CCN(CC(=O)c1c[nH]c2ccccc12)CC1CCCO1. The largest absolute Gasteiger partial charge is 0.377 e. The van der Waals surface area contributed by atoms with Crippen LogP contribution >= 0.6 is 0 Å². The van der Waals surface area contributed by atoms with Gasteiger partial charge in [0.1, 0.15) is 0 Å². The molecule has 1 atom stereocenters. The highest BCUT2D eigenvalue weighted by Crippen LogP contribution is 2.19. The molecular weight excluding hydrogens is 264 g/mol. The van der Waals surface area contributed by atoms with Crippen molar-refractivity contribution < 1.29 is 9.53 Å². The number of aromatic nitrogens is 1. The first kappa shape index (κ1) is 14.3. The molecule has 1 aliphatic heterocycles. The van der Waals surface area contributed by atoms with Crippen LogP contribution in [0.2, 0.25) is 0 Å². The summed E-state index contributed by atoms with van der Waals surface area (Å²) in [6.45, 7) is 5.13. The van der Waals surface area contributed by atoms with E-state index in [4.69, 9.17) is 4.74 Å². The fraction of sp³-hybridized carbons (Fsp3) is 0.471. The standard InChI is InChI=1S/C17H22N2O2/c1-2-19(11-13-6-5-9-21-13)12-17(20)15-10-18-16-8-4-3-7-14(15)16/h3-4,7-8,10,13,18H,2,5-6,9,11-12H2,1H3. The highest BCUT2D eigenvalue weighted by Gasteiger charge is 2.21.